The number of carbonyl (C=O) groups is 3. The number of carboxylic acid groups (broad SMARTS) is 1. The number of hydrogen-bond donors (Lipinski definition) is 6. The summed E-state index contributed by atoms with van der Waals surface area (Å²) < 4.78 is 27.9. The second kappa shape index (κ2) is 11.9. The van der Waals surface area contributed by atoms with Crippen molar-refractivity contribution in [2.75, 3.05) is 6.61 Å². The minimum absolute atomic E-state index is 0.0327. The molecule has 1 fully saturated rings. The minimum Gasteiger partial charge on any atom is -0.508 e. The lowest BCUT2D eigenvalue weighted by Crippen LogP contribution is -2.60. The van der Waals surface area contributed by atoms with Gasteiger partial charge < -0.3 is 54.3 Å². The molecular formula is C29H30O14. The number of carboxylic acids is 1. The molecule has 3 heterocycles. The summed E-state index contributed by atoms with van der Waals surface area (Å²) in [6.07, 6.45) is -2.66. The average molecular weight is 603 g/mol. The number of allylic oxidation sites excluding steroid dienone is 1. The van der Waals surface area contributed by atoms with Crippen LogP contribution >= 0.6 is 0 Å². The maximum absolute atomic E-state index is 13.0. The molecule has 1 saturated heterocycles. The SMILES string of the molecule is C[C@@H](OC(=O)C=Cc1ccc(O)cc1)C1=C[C@]2(C=C[C@H]3C(C(=O)O)=CO[C@@H](O[C@H]4O[C@H](CO)[C@@H](O)[C@H](O)[C@H]4O)[C@@H]32)OC1=O. The summed E-state index contributed by atoms with van der Waals surface area (Å²) in [5, 5.41) is 59.4. The highest BCUT2D eigenvalue weighted by Crippen LogP contribution is 2.50. The average Bonchev–Trinajstić information content (AvgIpc) is 3.52. The Bertz CT molecular complexity index is 1380. The van der Waals surface area contributed by atoms with E-state index in [0.717, 1.165) is 12.3 Å². The Hall–Kier alpha value is -4.05. The quantitative estimate of drug-likeness (QED) is 0.126. The number of aliphatic hydroxyl groups is 4. The lowest BCUT2D eigenvalue weighted by molar-refractivity contribution is -0.344. The Balaban J connectivity index is 1.37. The molecule has 1 spiro atoms. The van der Waals surface area contributed by atoms with Crippen LogP contribution in [0, 0.1) is 11.8 Å². The second-order valence-electron chi connectivity index (χ2n) is 10.5. The molecule has 0 unspecified atom stereocenters. The van der Waals surface area contributed by atoms with Gasteiger partial charge >= 0.3 is 17.9 Å². The van der Waals surface area contributed by atoms with Crippen molar-refractivity contribution in [2.24, 2.45) is 11.8 Å². The van der Waals surface area contributed by atoms with Crippen LogP contribution in [0.15, 0.2) is 66.0 Å². The molecule has 230 valence electrons. The fourth-order valence-corrected chi connectivity index (χ4v) is 5.48. The summed E-state index contributed by atoms with van der Waals surface area (Å²) in [4.78, 5) is 37.5. The van der Waals surface area contributed by atoms with E-state index in [0.29, 0.717) is 5.56 Å². The zero-order valence-electron chi connectivity index (χ0n) is 22.6. The summed E-state index contributed by atoms with van der Waals surface area (Å²) in [6.45, 7) is 0.748. The molecule has 0 aromatic heterocycles. The molecule has 5 rings (SSSR count). The summed E-state index contributed by atoms with van der Waals surface area (Å²) in [5.74, 6) is -4.83. The first-order valence-electron chi connectivity index (χ1n) is 13.3. The van der Waals surface area contributed by atoms with Gasteiger partial charge in [0.15, 0.2) is 11.9 Å². The molecule has 0 amide bonds. The maximum Gasteiger partial charge on any atom is 0.338 e. The normalized spacial score (nSPS) is 35.6. The molecule has 1 aromatic rings. The highest BCUT2D eigenvalue weighted by atomic mass is 16.8. The summed E-state index contributed by atoms with van der Waals surface area (Å²) in [5.41, 5.74) is -1.21. The molecule has 10 atom stereocenters. The molecule has 3 aliphatic heterocycles. The number of aromatic hydroxyl groups is 1. The Kier molecular flexibility index (Phi) is 8.42. The van der Waals surface area contributed by atoms with Crippen LogP contribution in [0.3, 0.4) is 0 Å². The van der Waals surface area contributed by atoms with E-state index in [2.05, 4.69) is 0 Å². The Morgan fingerprint density at radius 2 is 1.81 bits per heavy atom. The zero-order valence-corrected chi connectivity index (χ0v) is 22.6. The largest absolute Gasteiger partial charge is 0.508 e. The van der Waals surface area contributed by atoms with E-state index in [9.17, 15) is 45.0 Å². The number of ether oxygens (including phenoxy) is 5. The van der Waals surface area contributed by atoms with Gasteiger partial charge in [-0.05, 0) is 42.8 Å². The monoisotopic (exact) mass is 602 g/mol. The van der Waals surface area contributed by atoms with Gasteiger partial charge in [-0.15, -0.1) is 0 Å². The number of phenols is 1. The van der Waals surface area contributed by atoms with Crippen molar-refractivity contribution in [1.29, 1.82) is 0 Å². The fraction of sp³-hybridized carbons (Fsp3) is 0.414. The van der Waals surface area contributed by atoms with Gasteiger partial charge in [-0.2, -0.15) is 0 Å². The lowest BCUT2D eigenvalue weighted by Gasteiger charge is -2.44. The van der Waals surface area contributed by atoms with Gasteiger partial charge in [-0.25, -0.2) is 14.4 Å². The minimum atomic E-state index is -1.78. The molecule has 0 bridgehead atoms. The summed E-state index contributed by atoms with van der Waals surface area (Å²) in [6, 6.07) is 6.06. The Labute approximate surface area is 244 Å². The number of aliphatic carboxylic acids is 1. The predicted octanol–water partition coefficient (Wildman–Crippen LogP) is -0.497. The number of aliphatic hydroxyl groups excluding tert-OH is 4. The Morgan fingerprint density at radius 1 is 1.09 bits per heavy atom. The molecule has 14 nitrogen and oxygen atoms in total. The second-order valence-corrected chi connectivity index (χ2v) is 10.5. The predicted molar refractivity (Wildman–Crippen MR) is 141 cm³/mol. The van der Waals surface area contributed by atoms with Gasteiger partial charge in [-0.3, -0.25) is 0 Å². The van der Waals surface area contributed by atoms with E-state index in [1.54, 1.807) is 12.1 Å². The van der Waals surface area contributed by atoms with Crippen LogP contribution in [-0.4, -0.2) is 104 Å². The van der Waals surface area contributed by atoms with Crippen LogP contribution in [0.4, 0.5) is 0 Å². The number of carbonyl (C=O) groups excluding carboxylic acids is 2. The first kappa shape index (κ1) is 30.4. The number of rotatable bonds is 8. The number of esters is 2. The molecular weight excluding hydrogens is 572 g/mol. The van der Waals surface area contributed by atoms with Gasteiger partial charge in [0.1, 0.15) is 36.3 Å². The molecule has 6 N–H and O–H groups in total. The van der Waals surface area contributed by atoms with Gasteiger partial charge in [0.25, 0.3) is 0 Å². The zero-order chi connectivity index (χ0) is 31.1. The molecule has 1 aromatic carbocycles. The van der Waals surface area contributed by atoms with E-state index in [1.165, 1.54) is 43.4 Å². The molecule has 14 heteroatoms. The van der Waals surface area contributed by atoms with Crippen LogP contribution in [0.25, 0.3) is 6.08 Å². The Morgan fingerprint density at radius 3 is 2.49 bits per heavy atom. The smallest absolute Gasteiger partial charge is 0.338 e. The number of benzene rings is 1. The lowest BCUT2D eigenvalue weighted by atomic mass is 9.78. The van der Waals surface area contributed by atoms with Crippen molar-refractivity contribution in [3.8, 4) is 5.75 Å². The van der Waals surface area contributed by atoms with E-state index in [-0.39, 0.29) is 16.9 Å². The van der Waals surface area contributed by atoms with Crippen molar-refractivity contribution >= 4 is 24.0 Å². The molecule has 4 aliphatic rings. The van der Waals surface area contributed by atoms with Crippen molar-refractivity contribution in [1.82, 2.24) is 0 Å². The molecule has 1 aliphatic carbocycles. The third-order valence-electron chi connectivity index (χ3n) is 7.74. The van der Waals surface area contributed by atoms with Crippen molar-refractivity contribution < 1.29 is 68.7 Å². The van der Waals surface area contributed by atoms with E-state index in [1.807, 2.05) is 0 Å². The molecule has 0 saturated carbocycles. The summed E-state index contributed by atoms with van der Waals surface area (Å²) in [7, 11) is 0. The van der Waals surface area contributed by atoms with Crippen LogP contribution in [0.2, 0.25) is 0 Å². The van der Waals surface area contributed by atoms with Crippen molar-refractivity contribution in [3.05, 3.63) is 71.5 Å². The maximum atomic E-state index is 13.0. The van der Waals surface area contributed by atoms with Crippen LogP contribution in [-0.2, 0) is 38.1 Å². The van der Waals surface area contributed by atoms with Gasteiger partial charge in [-0.1, -0.05) is 18.2 Å². The van der Waals surface area contributed by atoms with Crippen LogP contribution in [0.1, 0.15) is 12.5 Å². The molecule has 0 radical (unpaired) electrons. The third kappa shape index (κ3) is 5.80. The van der Waals surface area contributed by atoms with Crippen molar-refractivity contribution in [3.63, 3.8) is 0 Å². The third-order valence-corrected chi connectivity index (χ3v) is 7.74. The van der Waals surface area contributed by atoms with Gasteiger partial charge in [0, 0.05) is 12.0 Å². The fourth-order valence-electron chi connectivity index (χ4n) is 5.48. The number of hydrogen-bond acceptors (Lipinski definition) is 13. The standard InChI is InChI=1S/C29H30O14/c1-13(40-20(32)7-4-14-2-5-15(31)6-3-14)17-10-29(43-26(17)38)9-8-16-18(25(36)37)12-39-27(21(16)29)42-28-24(35)23(34)22(33)19(11-30)41-28/h2-10,12-13,16,19,21-24,27-28,30-31,33-35H,11H2,1H3,(H,36,37)/t13-,16+,19-,21-,22-,23+,24-,27+,28-,29+/m1/s1. The van der Waals surface area contributed by atoms with Crippen LogP contribution < -0.4 is 0 Å². The first-order chi connectivity index (χ1) is 20.4. The molecule has 43 heavy (non-hydrogen) atoms. The van der Waals surface area contributed by atoms with E-state index < -0.39 is 85.1 Å². The number of fused-ring (bicyclic) bond motifs is 2. The van der Waals surface area contributed by atoms with E-state index in [4.69, 9.17) is 23.7 Å². The topological polar surface area (TPSA) is 219 Å². The van der Waals surface area contributed by atoms with Gasteiger partial charge in [0.05, 0.1) is 29.9 Å². The van der Waals surface area contributed by atoms with Gasteiger partial charge in [0.2, 0.25) is 6.29 Å². The first-order valence-corrected chi connectivity index (χ1v) is 13.3. The highest BCUT2D eigenvalue weighted by Gasteiger charge is 2.59. The van der Waals surface area contributed by atoms with Crippen LogP contribution in [0.5, 0.6) is 5.75 Å². The van der Waals surface area contributed by atoms with E-state index >= 15 is 0 Å². The summed E-state index contributed by atoms with van der Waals surface area (Å²) >= 11 is 0. The van der Waals surface area contributed by atoms with Crippen molar-refractivity contribution in [2.45, 2.75) is 55.6 Å². The number of phenolic OH excluding ortho intramolecular Hbond substituents is 1. The highest BCUT2D eigenvalue weighted by molar-refractivity contribution is 5.95.